The average Bonchev–Trinajstić information content (AvgIpc) is 1.90. The summed E-state index contributed by atoms with van der Waals surface area (Å²) in [7, 11) is 0. The van der Waals surface area contributed by atoms with Gasteiger partial charge in [0, 0.05) is 11.9 Å². The van der Waals surface area contributed by atoms with Gasteiger partial charge in [-0.25, -0.2) is 0 Å². The normalized spacial score (nSPS) is 15.4. The fourth-order valence-corrected chi connectivity index (χ4v) is 0.453. The number of nitrogens with zero attached hydrogens (tertiary/aromatic N) is 1. The summed E-state index contributed by atoms with van der Waals surface area (Å²) < 4.78 is 0. The van der Waals surface area contributed by atoms with Crippen molar-refractivity contribution in [2.24, 2.45) is 5.16 Å². The Kier molecular flexibility index (Phi) is 1.50. The molecule has 0 saturated heterocycles. The van der Waals surface area contributed by atoms with Crippen molar-refractivity contribution < 1.29 is 4.84 Å². The zero-order chi connectivity index (χ0) is 5.82. The second-order valence-corrected chi connectivity index (χ2v) is 1.52. The summed E-state index contributed by atoms with van der Waals surface area (Å²) in [6.45, 7) is 2.05. The van der Waals surface area contributed by atoms with Gasteiger partial charge in [-0.3, -0.25) is 0 Å². The Morgan fingerprint density at radius 1 is 1.88 bits per heavy atom. The maximum Gasteiger partial charge on any atom is 0.126 e. The minimum atomic E-state index is 0.975. The second-order valence-electron chi connectivity index (χ2n) is 1.52. The molecule has 0 aliphatic carbocycles. The van der Waals surface area contributed by atoms with E-state index in [0.717, 1.165) is 12.0 Å². The molecule has 0 unspecified atom stereocenters. The van der Waals surface area contributed by atoms with Crippen LogP contribution in [0, 0.1) is 0 Å². The molecule has 8 heavy (non-hydrogen) atoms. The topological polar surface area (TPSA) is 21.6 Å². The van der Waals surface area contributed by atoms with E-state index in [2.05, 4.69) is 22.8 Å². The Bertz CT molecular complexity index is 163. The van der Waals surface area contributed by atoms with Gasteiger partial charge < -0.3 is 4.84 Å². The minimum Gasteiger partial charge on any atom is -0.356 e. The summed E-state index contributed by atoms with van der Waals surface area (Å²) in [5.41, 5.74) is 1.13. The first-order valence-electron chi connectivity index (χ1n) is 2.57. The van der Waals surface area contributed by atoms with Crippen molar-refractivity contribution in [2.45, 2.75) is 13.3 Å². The lowest BCUT2D eigenvalue weighted by molar-refractivity contribution is 0.266. The Labute approximate surface area is 48.1 Å². The van der Waals surface area contributed by atoms with E-state index < -0.39 is 0 Å². The highest BCUT2D eigenvalue weighted by molar-refractivity contribution is 5.57. The van der Waals surface area contributed by atoms with Crippen molar-refractivity contribution >= 4 is 5.87 Å². The van der Waals surface area contributed by atoms with Gasteiger partial charge in [0.25, 0.3) is 0 Å². The lowest BCUT2D eigenvalue weighted by atomic mass is 10.2. The van der Waals surface area contributed by atoms with Crippen LogP contribution in [-0.4, -0.2) is 5.87 Å². The summed E-state index contributed by atoms with van der Waals surface area (Å²) in [5.74, 6) is 2.60. The van der Waals surface area contributed by atoms with Crippen molar-refractivity contribution in [1.82, 2.24) is 0 Å². The minimum absolute atomic E-state index is 0.975. The zero-order valence-corrected chi connectivity index (χ0v) is 4.72. The quantitative estimate of drug-likeness (QED) is 0.499. The summed E-state index contributed by atoms with van der Waals surface area (Å²) in [6, 6.07) is 0. The van der Waals surface area contributed by atoms with Crippen LogP contribution in [0.5, 0.6) is 0 Å². The van der Waals surface area contributed by atoms with Crippen LogP contribution in [0.25, 0.3) is 0 Å². The SMILES string of the molecule is CCC1=CON=C=C1. The molecule has 1 rings (SSSR count). The van der Waals surface area contributed by atoms with E-state index in [9.17, 15) is 0 Å². The first kappa shape index (κ1) is 5.13. The molecule has 0 aromatic heterocycles. The van der Waals surface area contributed by atoms with Crippen molar-refractivity contribution in [1.29, 1.82) is 0 Å². The maximum atomic E-state index is 4.59. The van der Waals surface area contributed by atoms with Gasteiger partial charge in [0.05, 0.1) is 0 Å². The summed E-state index contributed by atoms with van der Waals surface area (Å²) in [6.07, 6.45) is 4.41. The molecular weight excluding hydrogens is 102 g/mol. The van der Waals surface area contributed by atoms with Gasteiger partial charge in [0.2, 0.25) is 0 Å². The van der Waals surface area contributed by atoms with E-state index in [-0.39, 0.29) is 0 Å². The van der Waals surface area contributed by atoms with Crippen molar-refractivity contribution in [3.63, 3.8) is 0 Å². The lowest BCUT2D eigenvalue weighted by Gasteiger charge is -1.94. The molecule has 0 bridgehead atoms. The van der Waals surface area contributed by atoms with E-state index >= 15 is 0 Å². The molecular formula is C6H7NO. The molecule has 0 amide bonds. The molecule has 0 N–H and O–H groups in total. The van der Waals surface area contributed by atoms with Crippen LogP contribution in [0.4, 0.5) is 0 Å². The van der Waals surface area contributed by atoms with Crippen molar-refractivity contribution in [2.75, 3.05) is 0 Å². The molecule has 0 atom stereocenters. The van der Waals surface area contributed by atoms with Crippen LogP contribution in [-0.2, 0) is 4.84 Å². The van der Waals surface area contributed by atoms with Gasteiger partial charge in [0.15, 0.2) is 0 Å². The van der Waals surface area contributed by atoms with Gasteiger partial charge in [0.1, 0.15) is 6.26 Å². The van der Waals surface area contributed by atoms with E-state index in [0.29, 0.717) is 0 Å². The van der Waals surface area contributed by atoms with Crippen LogP contribution in [0.2, 0.25) is 0 Å². The molecule has 1 aliphatic rings. The first-order valence-corrected chi connectivity index (χ1v) is 2.57. The Morgan fingerprint density at radius 3 is 3.12 bits per heavy atom. The maximum absolute atomic E-state index is 4.59. The van der Waals surface area contributed by atoms with Crippen molar-refractivity contribution in [3.05, 3.63) is 17.9 Å². The molecule has 0 radical (unpaired) electrons. The van der Waals surface area contributed by atoms with Crippen LogP contribution >= 0.6 is 0 Å². The third-order valence-electron chi connectivity index (χ3n) is 0.968. The Morgan fingerprint density at radius 2 is 2.75 bits per heavy atom. The average molecular weight is 109 g/mol. The highest BCUT2D eigenvalue weighted by atomic mass is 16.6. The van der Waals surface area contributed by atoms with Crippen LogP contribution in [0.3, 0.4) is 0 Å². The molecule has 1 aliphatic heterocycles. The molecule has 2 nitrogen and oxygen atoms in total. The highest BCUT2D eigenvalue weighted by Gasteiger charge is 1.89. The van der Waals surface area contributed by atoms with Gasteiger partial charge in [-0.05, 0) is 17.1 Å². The fraction of sp³-hybridized carbons (Fsp3) is 0.333. The standard InChI is InChI=1S/C6H7NO/c1-2-6-3-4-7-8-5-6/h3,5H,2H2,1H3. The summed E-state index contributed by atoms with van der Waals surface area (Å²) in [5, 5.41) is 3.39. The predicted molar refractivity (Wildman–Crippen MR) is 31.5 cm³/mol. The highest BCUT2D eigenvalue weighted by Crippen LogP contribution is 2.02. The number of hydrogen-bond acceptors (Lipinski definition) is 2. The monoisotopic (exact) mass is 109 g/mol. The number of allylic oxidation sites excluding steroid dienone is 2. The Balaban J connectivity index is 2.68. The van der Waals surface area contributed by atoms with Crippen LogP contribution < -0.4 is 0 Å². The third kappa shape index (κ3) is 0.983. The second kappa shape index (κ2) is 2.34. The molecule has 2 heteroatoms. The van der Waals surface area contributed by atoms with E-state index in [1.165, 1.54) is 0 Å². The van der Waals surface area contributed by atoms with Crippen molar-refractivity contribution in [3.8, 4) is 0 Å². The predicted octanol–water partition coefficient (Wildman–Crippen LogP) is 1.45. The molecule has 42 valence electrons. The third-order valence-corrected chi connectivity index (χ3v) is 0.968. The van der Waals surface area contributed by atoms with Gasteiger partial charge >= 0.3 is 0 Å². The van der Waals surface area contributed by atoms with Crippen LogP contribution in [0.1, 0.15) is 13.3 Å². The lowest BCUT2D eigenvalue weighted by Crippen LogP contribution is -1.81. The van der Waals surface area contributed by atoms with Gasteiger partial charge in [-0.1, -0.05) is 6.92 Å². The smallest absolute Gasteiger partial charge is 0.126 e. The van der Waals surface area contributed by atoms with Crippen LogP contribution in [0.15, 0.2) is 23.1 Å². The fourth-order valence-electron chi connectivity index (χ4n) is 0.453. The zero-order valence-electron chi connectivity index (χ0n) is 4.72. The van der Waals surface area contributed by atoms with E-state index in [1.807, 2.05) is 6.08 Å². The Hall–Kier alpha value is -1.01. The van der Waals surface area contributed by atoms with Gasteiger partial charge in [-0.2, -0.15) is 0 Å². The molecule has 0 saturated carbocycles. The molecule has 0 spiro atoms. The van der Waals surface area contributed by atoms with E-state index in [4.69, 9.17) is 0 Å². The first-order chi connectivity index (χ1) is 3.93. The molecule has 1 heterocycles. The summed E-state index contributed by atoms with van der Waals surface area (Å²) >= 11 is 0. The summed E-state index contributed by atoms with van der Waals surface area (Å²) in [4.78, 5) is 4.59. The molecule has 0 aromatic rings. The number of hydrogen-bond donors (Lipinski definition) is 0. The largest absolute Gasteiger partial charge is 0.356 e. The van der Waals surface area contributed by atoms with E-state index in [1.54, 1.807) is 6.26 Å². The molecule has 0 aromatic carbocycles. The van der Waals surface area contributed by atoms with Gasteiger partial charge in [-0.15, -0.1) is 0 Å². The molecule has 0 fully saturated rings. The number of rotatable bonds is 1.